The van der Waals surface area contributed by atoms with Gasteiger partial charge in [0.2, 0.25) is 0 Å². The van der Waals surface area contributed by atoms with E-state index in [0.717, 1.165) is 13.1 Å². The van der Waals surface area contributed by atoms with Gasteiger partial charge in [0.1, 0.15) is 0 Å². The fourth-order valence-electron chi connectivity index (χ4n) is 3.62. The molecule has 0 bridgehead atoms. The van der Waals surface area contributed by atoms with E-state index in [9.17, 15) is 4.79 Å². The Hall–Kier alpha value is -1.09. The zero-order chi connectivity index (χ0) is 13.0. The fourth-order valence-corrected chi connectivity index (χ4v) is 3.62. The summed E-state index contributed by atoms with van der Waals surface area (Å²) in [6, 6.07) is 0. The van der Waals surface area contributed by atoms with Crippen LogP contribution >= 0.6 is 0 Å². The fraction of sp³-hybridized carbons (Fsp3) is 0.643. The first-order valence-corrected chi connectivity index (χ1v) is 6.04. The molecule has 1 aliphatic heterocycles. The molecule has 0 aromatic carbocycles. The van der Waals surface area contributed by atoms with Crippen LogP contribution in [0.4, 0.5) is 0 Å². The van der Waals surface area contributed by atoms with Crippen molar-refractivity contribution in [2.24, 2.45) is 10.8 Å². The average molecular weight is 235 g/mol. The Bertz CT molecular complexity index is 438. The summed E-state index contributed by atoms with van der Waals surface area (Å²) in [7, 11) is 0. The van der Waals surface area contributed by atoms with Crippen LogP contribution in [-0.4, -0.2) is 35.6 Å². The van der Waals surface area contributed by atoms with Crippen molar-refractivity contribution in [2.45, 2.75) is 27.7 Å². The van der Waals surface area contributed by atoms with E-state index in [-0.39, 0.29) is 17.4 Å². The Kier molecular flexibility index (Phi) is 2.51. The van der Waals surface area contributed by atoms with Crippen LogP contribution in [0.5, 0.6) is 0 Å². The lowest BCUT2D eigenvalue weighted by Crippen LogP contribution is -2.33. The molecule has 17 heavy (non-hydrogen) atoms. The van der Waals surface area contributed by atoms with Gasteiger partial charge >= 0.3 is 5.97 Å². The first kappa shape index (κ1) is 12.4. The maximum Gasteiger partial charge on any atom is 0.317 e. The number of carboxylic acids is 1. The molecule has 1 N–H and O–H groups in total. The van der Waals surface area contributed by atoms with Crippen molar-refractivity contribution in [3.8, 4) is 0 Å². The van der Waals surface area contributed by atoms with Gasteiger partial charge in [-0.05, 0) is 25.0 Å². The molecule has 0 saturated carbocycles. The SMILES string of the molecule is C=C1C(C)=C(C)C2(C)CN(CC(=O)O)CC12C. The van der Waals surface area contributed by atoms with E-state index in [4.69, 9.17) is 5.11 Å². The van der Waals surface area contributed by atoms with Gasteiger partial charge in [0.15, 0.2) is 0 Å². The lowest BCUT2D eigenvalue weighted by Gasteiger charge is -2.35. The van der Waals surface area contributed by atoms with Crippen molar-refractivity contribution in [1.29, 1.82) is 0 Å². The van der Waals surface area contributed by atoms with Crippen LogP contribution < -0.4 is 0 Å². The highest BCUT2D eigenvalue weighted by Crippen LogP contribution is 2.61. The summed E-state index contributed by atoms with van der Waals surface area (Å²) in [6.45, 7) is 14.7. The zero-order valence-corrected chi connectivity index (χ0v) is 11.1. The second-order valence-electron chi connectivity index (χ2n) is 5.93. The van der Waals surface area contributed by atoms with Crippen LogP contribution in [0.25, 0.3) is 0 Å². The molecule has 0 amide bonds. The molecule has 1 heterocycles. The molecule has 94 valence electrons. The predicted molar refractivity (Wildman–Crippen MR) is 67.8 cm³/mol. The summed E-state index contributed by atoms with van der Waals surface area (Å²) in [5.41, 5.74) is 3.91. The number of aliphatic carboxylic acids is 1. The lowest BCUT2D eigenvalue weighted by molar-refractivity contribution is -0.138. The number of likely N-dealkylation sites (tertiary alicyclic amines) is 1. The van der Waals surface area contributed by atoms with E-state index in [2.05, 4.69) is 34.3 Å². The monoisotopic (exact) mass is 235 g/mol. The first-order valence-electron chi connectivity index (χ1n) is 6.04. The van der Waals surface area contributed by atoms with Gasteiger partial charge in [-0.2, -0.15) is 0 Å². The highest BCUT2D eigenvalue weighted by Gasteiger charge is 2.58. The van der Waals surface area contributed by atoms with Gasteiger partial charge < -0.3 is 5.11 Å². The van der Waals surface area contributed by atoms with Crippen LogP contribution in [0, 0.1) is 10.8 Å². The van der Waals surface area contributed by atoms with Gasteiger partial charge in [0.05, 0.1) is 6.54 Å². The number of hydrogen-bond acceptors (Lipinski definition) is 2. The number of fused-ring (bicyclic) bond motifs is 1. The maximum absolute atomic E-state index is 10.8. The molecule has 2 aliphatic rings. The molecule has 1 saturated heterocycles. The number of carboxylic acid groups (broad SMARTS) is 1. The van der Waals surface area contributed by atoms with Crippen molar-refractivity contribution in [1.82, 2.24) is 4.90 Å². The minimum atomic E-state index is -0.749. The third-order valence-electron chi connectivity index (χ3n) is 5.17. The van der Waals surface area contributed by atoms with Gasteiger partial charge in [0, 0.05) is 23.9 Å². The van der Waals surface area contributed by atoms with Gasteiger partial charge in [-0.25, -0.2) is 0 Å². The zero-order valence-electron chi connectivity index (χ0n) is 11.1. The molecule has 2 rings (SSSR count). The molecule has 1 aliphatic carbocycles. The Morgan fingerprint density at radius 1 is 1.35 bits per heavy atom. The number of rotatable bonds is 2. The van der Waals surface area contributed by atoms with Gasteiger partial charge in [-0.15, -0.1) is 0 Å². The van der Waals surface area contributed by atoms with Crippen molar-refractivity contribution < 1.29 is 9.90 Å². The highest BCUT2D eigenvalue weighted by molar-refractivity contribution is 5.69. The Morgan fingerprint density at radius 2 is 1.88 bits per heavy atom. The van der Waals surface area contributed by atoms with Gasteiger partial charge in [-0.1, -0.05) is 26.0 Å². The van der Waals surface area contributed by atoms with E-state index < -0.39 is 5.97 Å². The molecule has 0 radical (unpaired) electrons. The number of nitrogens with zero attached hydrogens (tertiary/aromatic N) is 1. The molecule has 2 atom stereocenters. The minimum absolute atomic E-state index is 0.00336. The second-order valence-corrected chi connectivity index (χ2v) is 5.93. The summed E-state index contributed by atoms with van der Waals surface area (Å²) in [4.78, 5) is 12.9. The topological polar surface area (TPSA) is 40.5 Å². The molecular weight excluding hydrogens is 214 g/mol. The molecule has 3 heteroatoms. The number of hydrogen-bond donors (Lipinski definition) is 1. The van der Waals surface area contributed by atoms with E-state index in [1.54, 1.807) is 0 Å². The van der Waals surface area contributed by atoms with Crippen LogP contribution in [0.1, 0.15) is 27.7 Å². The van der Waals surface area contributed by atoms with E-state index >= 15 is 0 Å². The smallest absolute Gasteiger partial charge is 0.317 e. The average Bonchev–Trinajstić information content (AvgIpc) is 2.53. The molecule has 1 fully saturated rings. The van der Waals surface area contributed by atoms with Crippen molar-refractivity contribution in [3.05, 3.63) is 23.3 Å². The summed E-state index contributed by atoms with van der Waals surface area (Å²) in [6.07, 6.45) is 0. The van der Waals surface area contributed by atoms with E-state index in [0.29, 0.717) is 0 Å². The maximum atomic E-state index is 10.8. The number of carbonyl (C=O) groups is 1. The normalized spacial score (nSPS) is 37.8. The lowest BCUT2D eigenvalue weighted by atomic mass is 9.66. The molecule has 3 nitrogen and oxygen atoms in total. The Morgan fingerprint density at radius 3 is 2.35 bits per heavy atom. The first-order chi connectivity index (χ1) is 7.72. The van der Waals surface area contributed by atoms with Crippen LogP contribution in [0.15, 0.2) is 23.3 Å². The predicted octanol–water partition coefficient (Wildman–Crippen LogP) is 2.31. The van der Waals surface area contributed by atoms with E-state index in [1.165, 1.54) is 16.7 Å². The summed E-state index contributed by atoms with van der Waals surface area (Å²) < 4.78 is 0. The van der Waals surface area contributed by atoms with Crippen LogP contribution in [-0.2, 0) is 4.79 Å². The second kappa shape index (κ2) is 3.45. The molecule has 0 spiro atoms. The van der Waals surface area contributed by atoms with Crippen molar-refractivity contribution in [2.75, 3.05) is 19.6 Å². The molecule has 0 aromatic rings. The molecular formula is C14H21NO2. The largest absolute Gasteiger partial charge is 0.480 e. The Balaban J connectivity index is 2.36. The third kappa shape index (κ3) is 1.41. The third-order valence-corrected chi connectivity index (χ3v) is 5.17. The van der Waals surface area contributed by atoms with E-state index in [1.807, 2.05) is 4.90 Å². The summed E-state index contributed by atoms with van der Waals surface area (Å²) >= 11 is 0. The van der Waals surface area contributed by atoms with Crippen LogP contribution in [0.2, 0.25) is 0 Å². The standard InChI is InChI=1S/C14H21NO2/c1-9-10(2)13(4)7-15(6-12(16)17)8-14(13,5)11(9)3/h2,6-8H2,1,3-5H3,(H,16,17). The molecule has 2 unspecified atom stereocenters. The van der Waals surface area contributed by atoms with Crippen LogP contribution in [0.3, 0.4) is 0 Å². The van der Waals surface area contributed by atoms with Gasteiger partial charge in [-0.3, -0.25) is 9.69 Å². The summed E-state index contributed by atoms with van der Waals surface area (Å²) in [5.74, 6) is -0.749. The Labute approximate surface area is 103 Å². The van der Waals surface area contributed by atoms with Crippen molar-refractivity contribution in [3.63, 3.8) is 0 Å². The number of allylic oxidation sites excluding steroid dienone is 1. The minimum Gasteiger partial charge on any atom is -0.480 e. The van der Waals surface area contributed by atoms with Gasteiger partial charge in [0.25, 0.3) is 0 Å². The quantitative estimate of drug-likeness (QED) is 0.798. The van der Waals surface area contributed by atoms with Crippen molar-refractivity contribution >= 4 is 5.97 Å². The molecule has 0 aromatic heterocycles. The highest BCUT2D eigenvalue weighted by atomic mass is 16.4. The summed E-state index contributed by atoms with van der Waals surface area (Å²) in [5, 5.41) is 8.91.